The Morgan fingerprint density at radius 3 is 2.29 bits per heavy atom. The lowest BCUT2D eigenvalue weighted by molar-refractivity contribution is -0.169. The maximum absolute atomic E-state index is 11.4. The van der Waals surface area contributed by atoms with E-state index in [-0.39, 0.29) is 11.5 Å². The van der Waals surface area contributed by atoms with Gasteiger partial charge in [0.2, 0.25) is 5.91 Å². The predicted octanol–water partition coefficient (Wildman–Crippen LogP) is 2.77. The molecule has 0 aromatic heterocycles. The van der Waals surface area contributed by atoms with Crippen molar-refractivity contribution in [1.29, 1.82) is 0 Å². The minimum absolute atomic E-state index is 0.200. The van der Waals surface area contributed by atoms with Crippen molar-refractivity contribution >= 4 is 5.91 Å². The Hall–Kier alpha value is -1.39. The van der Waals surface area contributed by atoms with E-state index in [9.17, 15) is 4.79 Å². The Labute approximate surface area is 144 Å². The molecule has 2 saturated carbocycles. The fourth-order valence-corrected chi connectivity index (χ4v) is 5.16. The van der Waals surface area contributed by atoms with Gasteiger partial charge in [-0.2, -0.15) is 0 Å². The molecule has 130 valence electrons. The number of nitrogens with zero attached hydrogens (tertiary/aromatic N) is 1. The van der Waals surface area contributed by atoms with Gasteiger partial charge in [0.1, 0.15) is 5.60 Å². The van der Waals surface area contributed by atoms with Crippen molar-refractivity contribution in [2.24, 2.45) is 23.5 Å². The SMILES string of the molecule is CO[C@@]1(c2ccc(C(N)=O)cc2)[C@@H]2CCC[C@H]1CN(CC1CC1)C2. The molecule has 2 aliphatic carbocycles. The van der Waals surface area contributed by atoms with E-state index in [2.05, 4.69) is 17.0 Å². The van der Waals surface area contributed by atoms with Crippen LogP contribution in [0.4, 0.5) is 0 Å². The van der Waals surface area contributed by atoms with Crippen molar-refractivity contribution < 1.29 is 9.53 Å². The van der Waals surface area contributed by atoms with E-state index in [4.69, 9.17) is 10.5 Å². The van der Waals surface area contributed by atoms with Crippen LogP contribution in [-0.2, 0) is 10.3 Å². The number of carbonyl (C=O) groups excluding carboxylic acids is 1. The number of likely N-dealkylation sites (tertiary alicyclic amines) is 1. The maximum atomic E-state index is 11.4. The zero-order valence-corrected chi connectivity index (χ0v) is 14.5. The maximum Gasteiger partial charge on any atom is 0.248 e. The minimum Gasteiger partial charge on any atom is -0.373 e. The highest BCUT2D eigenvalue weighted by molar-refractivity contribution is 5.92. The number of primary amides is 1. The van der Waals surface area contributed by atoms with Gasteiger partial charge in [-0.25, -0.2) is 0 Å². The fourth-order valence-electron chi connectivity index (χ4n) is 5.16. The number of amides is 1. The van der Waals surface area contributed by atoms with Crippen LogP contribution in [0.5, 0.6) is 0 Å². The van der Waals surface area contributed by atoms with E-state index < -0.39 is 0 Å². The van der Waals surface area contributed by atoms with Gasteiger partial charge in [-0.15, -0.1) is 0 Å². The Morgan fingerprint density at radius 1 is 1.17 bits per heavy atom. The number of nitrogens with two attached hydrogens (primary N) is 1. The first kappa shape index (κ1) is 16.1. The zero-order chi connectivity index (χ0) is 16.7. The Morgan fingerprint density at radius 2 is 1.79 bits per heavy atom. The summed E-state index contributed by atoms with van der Waals surface area (Å²) in [7, 11) is 1.86. The first-order valence-corrected chi connectivity index (χ1v) is 9.31. The molecule has 1 heterocycles. The van der Waals surface area contributed by atoms with Crippen molar-refractivity contribution in [3.05, 3.63) is 35.4 Å². The quantitative estimate of drug-likeness (QED) is 0.904. The molecule has 0 spiro atoms. The molecule has 2 bridgehead atoms. The van der Waals surface area contributed by atoms with Crippen molar-refractivity contribution in [2.75, 3.05) is 26.7 Å². The summed E-state index contributed by atoms with van der Waals surface area (Å²) in [5.74, 6) is 1.64. The van der Waals surface area contributed by atoms with Crippen LogP contribution in [0.15, 0.2) is 24.3 Å². The molecule has 3 fully saturated rings. The summed E-state index contributed by atoms with van der Waals surface area (Å²) in [5, 5.41) is 0. The van der Waals surface area contributed by atoms with Crippen molar-refractivity contribution in [3.63, 3.8) is 0 Å². The van der Waals surface area contributed by atoms with Gasteiger partial charge in [0.05, 0.1) is 0 Å². The van der Waals surface area contributed by atoms with E-state index in [1.807, 2.05) is 19.2 Å². The first-order chi connectivity index (χ1) is 11.6. The molecule has 4 heteroatoms. The van der Waals surface area contributed by atoms with Crippen molar-refractivity contribution in [1.82, 2.24) is 4.90 Å². The summed E-state index contributed by atoms with van der Waals surface area (Å²) >= 11 is 0. The van der Waals surface area contributed by atoms with Gasteiger partial charge in [0.25, 0.3) is 0 Å². The molecular weight excluding hydrogens is 300 g/mol. The highest BCUT2D eigenvalue weighted by Crippen LogP contribution is 2.51. The molecule has 24 heavy (non-hydrogen) atoms. The van der Waals surface area contributed by atoms with Gasteiger partial charge < -0.3 is 15.4 Å². The summed E-state index contributed by atoms with van der Waals surface area (Å²) < 4.78 is 6.26. The molecule has 4 nitrogen and oxygen atoms in total. The van der Waals surface area contributed by atoms with E-state index in [1.54, 1.807) is 0 Å². The van der Waals surface area contributed by atoms with Crippen molar-refractivity contribution in [2.45, 2.75) is 37.7 Å². The number of benzene rings is 1. The molecule has 1 amide bonds. The monoisotopic (exact) mass is 328 g/mol. The smallest absolute Gasteiger partial charge is 0.248 e. The Kier molecular flexibility index (Phi) is 4.13. The van der Waals surface area contributed by atoms with Crippen LogP contribution in [0.3, 0.4) is 0 Å². The summed E-state index contributed by atoms with van der Waals surface area (Å²) in [6, 6.07) is 7.83. The number of fused-ring (bicyclic) bond motifs is 2. The van der Waals surface area contributed by atoms with E-state index in [0.717, 1.165) is 19.0 Å². The standard InChI is InChI=1S/C20H28N2O2/c1-24-20(16-9-7-15(8-10-16)19(21)23)17-3-2-4-18(20)13-22(12-17)11-14-5-6-14/h7-10,14,17-18H,2-6,11-13H2,1H3,(H2,21,23)/t17-,18+,20+. The highest BCUT2D eigenvalue weighted by atomic mass is 16.5. The number of hydrogen-bond acceptors (Lipinski definition) is 3. The van der Waals surface area contributed by atoms with E-state index in [1.165, 1.54) is 44.2 Å². The van der Waals surface area contributed by atoms with Gasteiger partial charge in [-0.3, -0.25) is 4.79 Å². The van der Waals surface area contributed by atoms with Crippen LogP contribution in [0.2, 0.25) is 0 Å². The van der Waals surface area contributed by atoms with E-state index >= 15 is 0 Å². The topological polar surface area (TPSA) is 55.6 Å². The molecule has 1 aromatic rings. The fraction of sp³-hybridized carbons (Fsp3) is 0.650. The summed E-state index contributed by atoms with van der Waals surface area (Å²) in [6.45, 7) is 3.55. The normalized spacial score (nSPS) is 33.4. The van der Waals surface area contributed by atoms with Crippen LogP contribution >= 0.6 is 0 Å². The third-order valence-corrected chi connectivity index (χ3v) is 6.45. The number of hydrogen-bond donors (Lipinski definition) is 1. The van der Waals surface area contributed by atoms with Gasteiger partial charge in [-0.05, 0) is 49.3 Å². The van der Waals surface area contributed by atoms with Crippen LogP contribution in [0, 0.1) is 17.8 Å². The molecule has 0 unspecified atom stereocenters. The number of ether oxygens (including phenoxy) is 1. The second-order valence-electron chi connectivity index (χ2n) is 7.93. The number of methoxy groups -OCH3 is 1. The molecule has 1 aliphatic heterocycles. The first-order valence-electron chi connectivity index (χ1n) is 9.31. The third kappa shape index (κ3) is 2.66. The lowest BCUT2D eigenvalue weighted by Crippen LogP contribution is -2.59. The third-order valence-electron chi connectivity index (χ3n) is 6.45. The van der Waals surface area contributed by atoms with Gasteiger partial charge in [0.15, 0.2) is 0 Å². The second-order valence-corrected chi connectivity index (χ2v) is 7.93. The summed E-state index contributed by atoms with van der Waals surface area (Å²) in [6.07, 6.45) is 6.58. The minimum atomic E-state index is -0.368. The summed E-state index contributed by atoms with van der Waals surface area (Å²) in [5.41, 5.74) is 6.98. The number of carbonyl (C=O) groups is 1. The number of piperidine rings is 1. The molecule has 4 rings (SSSR count). The second kappa shape index (κ2) is 6.16. The van der Waals surface area contributed by atoms with Crippen LogP contribution in [0.25, 0.3) is 0 Å². The lowest BCUT2D eigenvalue weighted by Gasteiger charge is -2.55. The Balaban J connectivity index is 1.63. The average molecular weight is 328 g/mol. The van der Waals surface area contributed by atoms with Gasteiger partial charge in [0, 0.05) is 44.1 Å². The highest BCUT2D eigenvalue weighted by Gasteiger charge is 2.53. The molecule has 1 aromatic carbocycles. The van der Waals surface area contributed by atoms with Crippen LogP contribution in [0.1, 0.15) is 48.0 Å². The number of rotatable bonds is 5. The Bertz CT molecular complexity index is 595. The van der Waals surface area contributed by atoms with Crippen LogP contribution in [-0.4, -0.2) is 37.6 Å². The molecule has 0 radical (unpaired) electrons. The zero-order valence-electron chi connectivity index (χ0n) is 14.5. The molecule has 1 saturated heterocycles. The summed E-state index contributed by atoms with van der Waals surface area (Å²) in [4.78, 5) is 14.1. The molecule has 3 aliphatic rings. The largest absolute Gasteiger partial charge is 0.373 e. The van der Waals surface area contributed by atoms with Gasteiger partial charge >= 0.3 is 0 Å². The average Bonchev–Trinajstić information content (AvgIpc) is 3.38. The van der Waals surface area contributed by atoms with Gasteiger partial charge in [-0.1, -0.05) is 18.6 Å². The van der Waals surface area contributed by atoms with E-state index in [0.29, 0.717) is 17.4 Å². The van der Waals surface area contributed by atoms with Crippen molar-refractivity contribution in [3.8, 4) is 0 Å². The molecule has 3 atom stereocenters. The molecular formula is C20H28N2O2. The molecule has 2 N–H and O–H groups in total. The van der Waals surface area contributed by atoms with Crippen LogP contribution < -0.4 is 5.73 Å². The predicted molar refractivity (Wildman–Crippen MR) is 93.6 cm³/mol. The lowest BCUT2D eigenvalue weighted by atomic mass is 9.62.